The number of furan rings is 1. The van der Waals surface area contributed by atoms with Crippen molar-refractivity contribution in [1.82, 2.24) is 20.1 Å². The Hall–Kier alpha value is -4.58. The van der Waals surface area contributed by atoms with Gasteiger partial charge in [0.1, 0.15) is 17.0 Å². The summed E-state index contributed by atoms with van der Waals surface area (Å²) in [4.78, 5) is 36.1. The number of aliphatic imine (C=N–C) groups is 1. The van der Waals surface area contributed by atoms with Crippen LogP contribution in [0.25, 0.3) is 11.0 Å². The highest BCUT2D eigenvalue weighted by molar-refractivity contribution is 6.06. The van der Waals surface area contributed by atoms with Crippen LogP contribution >= 0.6 is 0 Å². The van der Waals surface area contributed by atoms with E-state index in [9.17, 15) is 9.59 Å². The number of aromatic nitrogens is 1. The van der Waals surface area contributed by atoms with E-state index in [2.05, 4.69) is 46.5 Å². The third kappa shape index (κ3) is 9.04. The highest BCUT2D eigenvalue weighted by Gasteiger charge is 2.13. The van der Waals surface area contributed by atoms with Crippen molar-refractivity contribution < 1.29 is 14.0 Å². The molecule has 2 aromatic heterocycles. The molecule has 0 unspecified atom stereocenters. The van der Waals surface area contributed by atoms with E-state index in [4.69, 9.17) is 10.2 Å². The van der Waals surface area contributed by atoms with Crippen LogP contribution in [-0.4, -0.2) is 59.7 Å². The Bertz CT molecular complexity index is 1320. The van der Waals surface area contributed by atoms with E-state index in [1.807, 2.05) is 19.1 Å². The Morgan fingerprint density at radius 1 is 1.18 bits per heavy atom. The van der Waals surface area contributed by atoms with Gasteiger partial charge in [0.15, 0.2) is 0 Å². The topological polar surface area (TPSA) is 117 Å². The lowest BCUT2D eigenvalue weighted by Gasteiger charge is -2.22. The van der Waals surface area contributed by atoms with Gasteiger partial charge in [-0.2, -0.15) is 0 Å². The quantitative estimate of drug-likeness (QED) is 0.283. The van der Waals surface area contributed by atoms with Gasteiger partial charge in [0, 0.05) is 44.5 Å². The van der Waals surface area contributed by atoms with Crippen LogP contribution in [0.1, 0.15) is 59.2 Å². The molecule has 206 valence electrons. The van der Waals surface area contributed by atoms with Crippen molar-refractivity contribution in [3.05, 3.63) is 71.9 Å². The molecule has 1 aliphatic heterocycles. The van der Waals surface area contributed by atoms with Gasteiger partial charge in [-0.3, -0.25) is 19.9 Å². The first-order chi connectivity index (χ1) is 18.7. The molecule has 1 fully saturated rings. The Kier molecular flexibility index (Phi) is 11.8. The van der Waals surface area contributed by atoms with E-state index in [1.54, 1.807) is 26.2 Å². The number of terminal acetylenes is 1. The third-order valence-corrected chi connectivity index (χ3v) is 5.99. The van der Waals surface area contributed by atoms with Crippen molar-refractivity contribution in [2.45, 2.75) is 39.5 Å². The molecule has 1 saturated heterocycles. The van der Waals surface area contributed by atoms with Crippen LogP contribution < -0.4 is 11.1 Å². The maximum Gasteiger partial charge on any atom is 0.271 e. The number of aryl methyl sites for hydroxylation is 1. The van der Waals surface area contributed by atoms with Crippen LogP contribution in [0.3, 0.4) is 0 Å². The van der Waals surface area contributed by atoms with E-state index in [-0.39, 0.29) is 23.1 Å². The minimum absolute atomic E-state index is 0.0481. The number of likely N-dealkylation sites (tertiary alicyclic amines) is 1. The largest absolute Gasteiger partial charge is 0.461 e. The molecule has 1 aliphatic rings. The number of rotatable bonds is 4. The fourth-order valence-electron chi connectivity index (χ4n) is 3.98. The number of allylic oxidation sites excluding steroid dienone is 1. The Morgan fingerprint density at radius 3 is 2.56 bits per heavy atom. The molecule has 39 heavy (non-hydrogen) atoms. The van der Waals surface area contributed by atoms with Crippen molar-refractivity contribution in [3.63, 3.8) is 0 Å². The first kappa shape index (κ1) is 30.6. The second-order valence-corrected chi connectivity index (χ2v) is 9.12. The monoisotopic (exact) mass is 530 g/mol. The lowest BCUT2D eigenvalue weighted by molar-refractivity contribution is 0.0821. The molecule has 0 atom stereocenters. The van der Waals surface area contributed by atoms with Gasteiger partial charge in [0.2, 0.25) is 5.96 Å². The van der Waals surface area contributed by atoms with Crippen LogP contribution in [0.2, 0.25) is 0 Å². The van der Waals surface area contributed by atoms with Crippen LogP contribution in [0.4, 0.5) is 5.69 Å². The van der Waals surface area contributed by atoms with E-state index >= 15 is 0 Å². The molecular formula is C30H38N6O3. The average Bonchev–Trinajstić information content (AvgIpc) is 3.17. The van der Waals surface area contributed by atoms with Crippen LogP contribution in [0, 0.1) is 19.8 Å². The minimum Gasteiger partial charge on any atom is -0.461 e. The normalized spacial score (nSPS) is 13.3. The van der Waals surface area contributed by atoms with Crippen molar-refractivity contribution in [3.8, 4) is 12.8 Å². The number of benzene rings is 1. The molecular weight excluding hydrogens is 492 g/mol. The standard InChI is InChI=1S/C19H19N5O3.C9H17N.C2H2/c1-11-8-13-9-14(5-7-16(13)27-11)22-19(20)23-17(25)12-4-6-15(21-10-12)18(26)24(2)3;1-3-10-8-6-4-5-7-9(10)2;1-2/h4-10H,1-3H3,(H3,20,22,23,25);2-8H2,1H3;1-2H. The zero-order chi connectivity index (χ0) is 28.9. The highest BCUT2D eigenvalue weighted by Crippen LogP contribution is 2.24. The van der Waals surface area contributed by atoms with Crippen molar-refractivity contribution >= 4 is 34.4 Å². The van der Waals surface area contributed by atoms with Crippen LogP contribution in [0.5, 0.6) is 0 Å². The molecule has 0 bridgehead atoms. The van der Waals surface area contributed by atoms with Gasteiger partial charge in [-0.05, 0) is 69.5 Å². The van der Waals surface area contributed by atoms with Crippen molar-refractivity contribution in [2.75, 3.05) is 27.2 Å². The van der Waals surface area contributed by atoms with Crippen LogP contribution in [0.15, 0.2) is 64.3 Å². The van der Waals surface area contributed by atoms with Gasteiger partial charge >= 0.3 is 0 Å². The number of pyridine rings is 1. The summed E-state index contributed by atoms with van der Waals surface area (Å²) in [6, 6.07) is 10.2. The maximum atomic E-state index is 12.3. The predicted octanol–water partition coefficient (Wildman–Crippen LogP) is 4.86. The lowest BCUT2D eigenvalue weighted by atomic mass is 10.2. The number of hydrogen-bond acceptors (Lipinski definition) is 6. The lowest BCUT2D eigenvalue weighted by Crippen LogP contribution is -2.36. The number of guanidine groups is 1. The van der Waals surface area contributed by atoms with Crippen molar-refractivity contribution in [2.24, 2.45) is 10.7 Å². The molecule has 0 radical (unpaired) electrons. The summed E-state index contributed by atoms with van der Waals surface area (Å²) in [5.74, 6) is 0.0462. The van der Waals surface area contributed by atoms with E-state index in [0.29, 0.717) is 5.69 Å². The molecule has 0 aliphatic carbocycles. The van der Waals surface area contributed by atoms with E-state index in [1.165, 1.54) is 61.2 Å². The summed E-state index contributed by atoms with van der Waals surface area (Å²) >= 11 is 0. The summed E-state index contributed by atoms with van der Waals surface area (Å²) in [7, 11) is 3.26. The van der Waals surface area contributed by atoms with Gasteiger partial charge in [-0.25, -0.2) is 4.99 Å². The first-order valence-corrected chi connectivity index (χ1v) is 12.8. The molecule has 0 saturated carbocycles. The zero-order valence-corrected chi connectivity index (χ0v) is 23.2. The van der Waals surface area contributed by atoms with Gasteiger partial charge in [0.25, 0.3) is 11.8 Å². The number of carbonyl (C=O) groups is 2. The van der Waals surface area contributed by atoms with Gasteiger partial charge in [-0.15, -0.1) is 12.8 Å². The molecule has 2 amide bonds. The van der Waals surface area contributed by atoms with Crippen molar-refractivity contribution in [1.29, 1.82) is 0 Å². The summed E-state index contributed by atoms with van der Waals surface area (Å²) in [5.41, 5.74) is 9.04. The summed E-state index contributed by atoms with van der Waals surface area (Å²) in [5, 5.41) is 3.40. The minimum atomic E-state index is -0.465. The summed E-state index contributed by atoms with van der Waals surface area (Å²) < 4.78 is 5.51. The first-order valence-electron chi connectivity index (χ1n) is 12.8. The smallest absolute Gasteiger partial charge is 0.271 e. The predicted molar refractivity (Wildman–Crippen MR) is 157 cm³/mol. The number of nitrogens with one attached hydrogen (secondary N) is 1. The highest BCUT2D eigenvalue weighted by atomic mass is 16.3. The number of nitrogens with two attached hydrogens (primary N) is 1. The molecule has 9 nitrogen and oxygen atoms in total. The third-order valence-electron chi connectivity index (χ3n) is 5.99. The molecule has 3 N–H and O–H groups in total. The maximum absolute atomic E-state index is 12.3. The second-order valence-electron chi connectivity index (χ2n) is 9.12. The molecule has 1 aromatic carbocycles. The number of amides is 2. The Balaban J connectivity index is 0.000000372. The number of nitrogens with zero attached hydrogens (tertiary/aromatic N) is 4. The average molecular weight is 531 g/mol. The Morgan fingerprint density at radius 2 is 1.92 bits per heavy atom. The summed E-state index contributed by atoms with van der Waals surface area (Å²) in [6.07, 6.45) is 14.6. The number of carbonyl (C=O) groups excluding carboxylic acids is 2. The molecule has 4 rings (SSSR count). The van der Waals surface area contributed by atoms with Gasteiger partial charge < -0.3 is 20.0 Å². The van der Waals surface area contributed by atoms with E-state index in [0.717, 1.165) is 23.3 Å². The van der Waals surface area contributed by atoms with Gasteiger partial charge in [0.05, 0.1) is 11.3 Å². The zero-order valence-electron chi connectivity index (χ0n) is 23.2. The van der Waals surface area contributed by atoms with Crippen LogP contribution in [-0.2, 0) is 0 Å². The fourth-order valence-corrected chi connectivity index (χ4v) is 3.98. The summed E-state index contributed by atoms with van der Waals surface area (Å²) in [6.45, 7) is 10.5. The fraction of sp³-hybridized carbons (Fsp3) is 0.333. The van der Waals surface area contributed by atoms with E-state index < -0.39 is 5.91 Å². The molecule has 0 spiro atoms. The molecule has 9 heteroatoms. The molecule has 3 heterocycles. The number of fused-ring (bicyclic) bond motifs is 1. The van der Waals surface area contributed by atoms with Gasteiger partial charge in [-0.1, -0.05) is 13.0 Å². The number of hydrogen-bond donors (Lipinski definition) is 2. The SMILES string of the molecule is C#C.C=C1CCCCCN1CC.Cc1cc2cc(N=C(N)NC(=O)c3ccc(C(=O)N(C)C)nc3)ccc2o1. The second kappa shape index (κ2) is 15.0. The Labute approximate surface area is 230 Å². The molecule has 3 aromatic rings.